The van der Waals surface area contributed by atoms with E-state index < -0.39 is 0 Å². The summed E-state index contributed by atoms with van der Waals surface area (Å²) in [6, 6.07) is 18.0. The second kappa shape index (κ2) is 8.32. The summed E-state index contributed by atoms with van der Waals surface area (Å²) >= 11 is 6.05. The third kappa shape index (κ3) is 4.59. The summed E-state index contributed by atoms with van der Waals surface area (Å²) in [4.78, 5) is 0. The molecule has 3 nitrogen and oxygen atoms in total. The number of hydrogen-bond acceptors (Lipinski definition) is 3. The molecule has 0 radical (unpaired) electrons. The van der Waals surface area contributed by atoms with Gasteiger partial charge in [-0.25, -0.2) is 0 Å². The lowest BCUT2D eigenvalue weighted by Gasteiger charge is -2.35. The Bertz CT molecular complexity index is 674. The molecule has 0 heterocycles. The van der Waals surface area contributed by atoms with Gasteiger partial charge < -0.3 is 5.11 Å². The number of rotatable bonds is 5. The SMILES string of the molecule is O[C@@H]1CCCC[C@H]1N(Cc1ccccc1)/N=C/c1cccc(Cl)c1. The third-order valence-corrected chi connectivity index (χ3v) is 4.70. The number of hydrazone groups is 1. The molecular formula is C20H23ClN2O. The summed E-state index contributed by atoms with van der Waals surface area (Å²) in [7, 11) is 0. The monoisotopic (exact) mass is 342 g/mol. The molecule has 1 fully saturated rings. The van der Waals surface area contributed by atoms with E-state index in [1.807, 2.05) is 53.7 Å². The molecule has 24 heavy (non-hydrogen) atoms. The standard InChI is InChI=1S/C20H23ClN2O/c21-18-10-6-9-17(13-18)14-22-23(15-16-7-2-1-3-8-16)19-11-4-5-12-20(19)24/h1-3,6-10,13-14,19-20,24H,4-5,11-12,15H2/b22-14+/t19-,20-/m1/s1. The Morgan fingerprint density at radius 3 is 2.62 bits per heavy atom. The predicted molar refractivity (Wildman–Crippen MR) is 99.3 cm³/mol. The van der Waals surface area contributed by atoms with Crippen LogP contribution in [0.3, 0.4) is 0 Å². The van der Waals surface area contributed by atoms with E-state index in [1.165, 1.54) is 5.56 Å². The van der Waals surface area contributed by atoms with Gasteiger partial charge in [0.25, 0.3) is 0 Å². The van der Waals surface area contributed by atoms with E-state index in [4.69, 9.17) is 16.7 Å². The van der Waals surface area contributed by atoms with Gasteiger partial charge in [-0.3, -0.25) is 5.01 Å². The molecule has 2 aromatic rings. The van der Waals surface area contributed by atoms with E-state index in [2.05, 4.69) is 12.1 Å². The quantitative estimate of drug-likeness (QED) is 0.642. The molecule has 0 amide bonds. The second-order valence-electron chi connectivity index (χ2n) is 6.30. The van der Waals surface area contributed by atoms with Crippen molar-refractivity contribution < 1.29 is 5.11 Å². The number of aliphatic hydroxyl groups is 1. The molecule has 3 rings (SSSR count). The van der Waals surface area contributed by atoms with Gasteiger partial charge in [-0.1, -0.05) is 66.9 Å². The molecule has 0 aliphatic heterocycles. The zero-order chi connectivity index (χ0) is 16.8. The summed E-state index contributed by atoms with van der Waals surface area (Å²) in [5.41, 5.74) is 2.16. The minimum absolute atomic E-state index is 0.0643. The van der Waals surface area contributed by atoms with Crippen LogP contribution in [0.4, 0.5) is 0 Å². The first-order chi connectivity index (χ1) is 11.7. The van der Waals surface area contributed by atoms with Gasteiger partial charge >= 0.3 is 0 Å². The predicted octanol–water partition coefficient (Wildman–Crippen LogP) is 4.48. The van der Waals surface area contributed by atoms with Crippen molar-refractivity contribution >= 4 is 17.8 Å². The van der Waals surface area contributed by atoms with Gasteiger partial charge in [-0.15, -0.1) is 0 Å². The largest absolute Gasteiger partial charge is 0.391 e. The molecule has 4 heteroatoms. The highest BCUT2D eigenvalue weighted by atomic mass is 35.5. The van der Waals surface area contributed by atoms with Gasteiger partial charge in [0.05, 0.1) is 24.9 Å². The zero-order valence-corrected chi connectivity index (χ0v) is 14.4. The summed E-state index contributed by atoms with van der Waals surface area (Å²) in [6.45, 7) is 0.694. The van der Waals surface area contributed by atoms with Gasteiger partial charge in [0.1, 0.15) is 0 Å². The van der Waals surface area contributed by atoms with Crippen LogP contribution in [0.2, 0.25) is 5.02 Å². The normalized spacial score (nSPS) is 21.1. The first-order valence-corrected chi connectivity index (χ1v) is 8.88. The average molecular weight is 343 g/mol. The summed E-state index contributed by atoms with van der Waals surface area (Å²) in [6.07, 6.45) is 5.56. The maximum absolute atomic E-state index is 10.4. The van der Waals surface area contributed by atoms with Crippen LogP contribution in [-0.4, -0.2) is 28.5 Å². The zero-order valence-electron chi connectivity index (χ0n) is 13.7. The molecule has 1 N–H and O–H groups in total. The van der Waals surface area contributed by atoms with Crippen molar-refractivity contribution in [2.45, 2.75) is 44.4 Å². The van der Waals surface area contributed by atoms with E-state index in [1.54, 1.807) is 0 Å². The molecule has 0 saturated heterocycles. The molecule has 1 aliphatic rings. The molecule has 126 valence electrons. The Labute approximate surface area is 148 Å². The van der Waals surface area contributed by atoms with E-state index in [9.17, 15) is 5.11 Å². The van der Waals surface area contributed by atoms with Crippen LogP contribution in [-0.2, 0) is 6.54 Å². The van der Waals surface area contributed by atoms with Gasteiger partial charge in [0, 0.05) is 5.02 Å². The average Bonchev–Trinajstić information content (AvgIpc) is 2.60. The van der Waals surface area contributed by atoms with E-state index >= 15 is 0 Å². The first-order valence-electron chi connectivity index (χ1n) is 8.50. The Balaban J connectivity index is 1.80. The van der Waals surface area contributed by atoms with Crippen LogP contribution in [0.1, 0.15) is 36.8 Å². The number of nitrogens with zero attached hydrogens (tertiary/aromatic N) is 2. The van der Waals surface area contributed by atoms with Crippen molar-refractivity contribution in [1.29, 1.82) is 0 Å². The Hall–Kier alpha value is -1.84. The van der Waals surface area contributed by atoms with Crippen molar-refractivity contribution in [2.24, 2.45) is 5.10 Å². The van der Waals surface area contributed by atoms with Gasteiger partial charge in [-0.2, -0.15) is 5.10 Å². The smallest absolute Gasteiger partial charge is 0.0760 e. The van der Waals surface area contributed by atoms with Crippen molar-refractivity contribution in [1.82, 2.24) is 5.01 Å². The highest BCUT2D eigenvalue weighted by molar-refractivity contribution is 6.30. The van der Waals surface area contributed by atoms with Crippen molar-refractivity contribution in [2.75, 3.05) is 0 Å². The molecule has 2 atom stereocenters. The maximum Gasteiger partial charge on any atom is 0.0760 e. The lowest BCUT2D eigenvalue weighted by atomic mass is 9.92. The second-order valence-corrected chi connectivity index (χ2v) is 6.74. The molecule has 0 unspecified atom stereocenters. The van der Waals surface area contributed by atoms with E-state index in [0.717, 1.165) is 31.2 Å². The topological polar surface area (TPSA) is 35.8 Å². The number of hydrogen-bond donors (Lipinski definition) is 1. The lowest BCUT2D eigenvalue weighted by Crippen LogP contribution is -2.42. The Morgan fingerprint density at radius 2 is 1.88 bits per heavy atom. The Kier molecular flexibility index (Phi) is 5.89. The highest BCUT2D eigenvalue weighted by Gasteiger charge is 2.28. The number of halogens is 1. The molecule has 2 aromatic carbocycles. The fraction of sp³-hybridized carbons (Fsp3) is 0.350. The summed E-state index contributed by atoms with van der Waals surface area (Å²) < 4.78 is 0. The van der Waals surface area contributed by atoms with Crippen LogP contribution in [0, 0.1) is 0 Å². The minimum atomic E-state index is -0.320. The third-order valence-electron chi connectivity index (χ3n) is 4.47. The molecule has 1 aliphatic carbocycles. The highest BCUT2D eigenvalue weighted by Crippen LogP contribution is 2.25. The number of aliphatic hydroxyl groups excluding tert-OH is 1. The number of benzene rings is 2. The van der Waals surface area contributed by atoms with Crippen LogP contribution in [0.5, 0.6) is 0 Å². The van der Waals surface area contributed by atoms with Crippen LogP contribution < -0.4 is 0 Å². The van der Waals surface area contributed by atoms with E-state index in [-0.39, 0.29) is 12.1 Å². The molecule has 0 spiro atoms. The van der Waals surface area contributed by atoms with Crippen molar-refractivity contribution in [3.05, 3.63) is 70.7 Å². The van der Waals surface area contributed by atoms with Crippen molar-refractivity contribution in [3.63, 3.8) is 0 Å². The van der Waals surface area contributed by atoms with Gasteiger partial charge in [0.15, 0.2) is 0 Å². The van der Waals surface area contributed by atoms with Crippen LogP contribution >= 0.6 is 11.6 Å². The maximum atomic E-state index is 10.4. The van der Waals surface area contributed by atoms with Crippen LogP contribution in [0.25, 0.3) is 0 Å². The fourth-order valence-corrected chi connectivity index (χ4v) is 3.38. The molecular weight excluding hydrogens is 320 g/mol. The van der Waals surface area contributed by atoms with E-state index in [0.29, 0.717) is 11.6 Å². The Morgan fingerprint density at radius 1 is 1.08 bits per heavy atom. The molecule has 0 bridgehead atoms. The summed E-state index contributed by atoms with van der Waals surface area (Å²) in [5.74, 6) is 0. The fourth-order valence-electron chi connectivity index (χ4n) is 3.18. The molecule has 0 aromatic heterocycles. The van der Waals surface area contributed by atoms with Gasteiger partial charge in [-0.05, 0) is 36.1 Å². The first kappa shape index (κ1) is 17.0. The molecule has 1 saturated carbocycles. The van der Waals surface area contributed by atoms with Gasteiger partial charge in [0.2, 0.25) is 0 Å². The minimum Gasteiger partial charge on any atom is -0.391 e. The van der Waals surface area contributed by atoms with Crippen molar-refractivity contribution in [3.8, 4) is 0 Å². The van der Waals surface area contributed by atoms with Crippen LogP contribution in [0.15, 0.2) is 59.7 Å². The summed E-state index contributed by atoms with van der Waals surface area (Å²) in [5, 5.41) is 17.8. The lowest BCUT2D eigenvalue weighted by molar-refractivity contribution is 0.0173.